The van der Waals surface area contributed by atoms with Crippen LogP contribution in [0.25, 0.3) is 17.0 Å². The van der Waals surface area contributed by atoms with Gasteiger partial charge in [0, 0.05) is 29.3 Å². The summed E-state index contributed by atoms with van der Waals surface area (Å²) in [7, 11) is 0. The van der Waals surface area contributed by atoms with Crippen molar-refractivity contribution in [1.82, 2.24) is 10.3 Å². The maximum atomic E-state index is 15.9. The minimum absolute atomic E-state index is 0.0637. The van der Waals surface area contributed by atoms with Gasteiger partial charge in [0.25, 0.3) is 5.67 Å². The predicted octanol–water partition coefficient (Wildman–Crippen LogP) is 5.78. The van der Waals surface area contributed by atoms with Gasteiger partial charge in [0.15, 0.2) is 11.4 Å². The molecular formula is C34H43FN2O7. The number of nitrogens with zero attached hydrogens (tertiary/aromatic N) is 1. The van der Waals surface area contributed by atoms with Gasteiger partial charge in [-0.25, -0.2) is 14.0 Å². The highest BCUT2D eigenvalue weighted by atomic mass is 19.1. The Hall–Kier alpha value is -3.66. The van der Waals surface area contributed by atoms with Crippen LogP contribution < -0.4 is 5.32 Å². The number of halogens is 1. The maximum absolute atomic E-state index is 15.9. The molecule has 238 valence electrons. The molecule has 0 radical (unpaired) electrons. The van der Waals surface area contributed by atoms with E-state index in [1.807, 2.05) is 42.5 Å². The highest BCUT2D eigenvalue weighted by Gasteiger charge is 2.57. The molecule has 0 spiro atoms. The first-order valence-electron chi connectivity index (χ1n) is 15.2. The summed E-state index contributed by atoms with van der Waals surface area (Å²) >= 11 is 0. The van der Waals surface area contributed by atoms with Crippen molar-refractivity contribution in [2.75, 3.05) is 6.61 Å². The van der Waals surface area contributed by atoms with E-state index in [9.17, 15) is 19.2 Å². The maximum Gasteiger partial charge on any atom is 0.408 e. The number of alkyl halides is 1. The van der Waals surface area contributed by atoms with Crippen molar-refractivity contribution in [3.8, 4) is 0 Å². The lowest BCUT2D eigenvalue weighted by Gasteiger charge is -2.40. The van der Waals surface area contributed by atoms with E-state index < -0.39 is 64.6 Å². The molecule has 9 nitrogen and oxygen atoms in total. The molecule has 44 heavy (non-hydrogen) atoms. The fourth-order valence-electron chi connectivity index (χ4n) is 6.77. The number of benzene rings is 1. The largest absolute Gasteiger partial charge is 0.455 e. The number of cyclic esters (lactones) is 1. The number of Topliss-reactive ketones (excluding diaryl/α,β-unsaturated/α-hetero) is 2. The van der Waals surface area contributed by atoms with Crippen LogP contribution in [0.15, 0.2) is 42.6 Å². The number of hydrogen-bond donors (Lipinski definition) is 1. The SMILES string of the molecule is CC[C@H]1OC(=O)[C@@](C)(F)C(=O)[C@H](C)C[C@](C)(OC/C=C/c2cnc3ccccc3c2)C[C@@H](C)C(=O)[C@H](C)[C@H]2NC(=O)O[C@@]21C. The van der Waals surface area contributed by atoms with Gasteiger partial charge in [0.05, 0.1) is 23.8 Å². The minimum atomic E-state index is -2.95. The van der Waals surface area contributed by atoms with Gasteiger partial charge in [-0.2, -0.15) is 0 Å². The number of para-hydroxylation sites is 1. The molecular weight excluding hydrogens is 567 g/mol. The number of esters is 1. The average molecular weight is 611 g/mol. The Morgan fingerprint density at radius 2 is 1.75 bits per heavy atom. The molecule has 3 heterocycles. The van der Waals surface area contributed by atoms with Gasteiger partial charge in [-0.15, -0.1) is 0 Å². The smallest absolute Gasteiger partial charge is 0.408 e. The molecule has 2 saturated heterocycles. The number of pyridine rings is 1. The van der Waals surface area contributed by atoms with Crippen molar-refractivity contribution < 1.29 is 37.8 Å². The van der Waals surface area contributed by atoms with Crippen LogP contribution in [0, 0.1) is 17.8 Å². The molecule has 1 aromatic carbocycles. The lowest BCUT2D eigenvalue weighted by molar-refractivity contribution is -0.180. The van der Waals surface area contributed by atoms with Gasteiger partial charge in [-0.05, 0) is 57.7 Å². The Morgan fingerprint density at radius 3 is 2.45 bits per heavy atom. The van der Waals surface area contributed by atoms with Gasteiger partial charge in [-0.3, -0.25) is 14.6 Å². The second-order valence-electron chi connectivity index (χ2n) is 12.9. The third-order valence-corrected chi connectivity index (χ3v) is 9.12. The van der Waals surface area contributed by atoms with E-state index in [1.54, 1.807) is 47.7 Å². The number of aromatic nitrogens is 1. The van der Waals surface area contributed by atoms with Crippen LogP contribution >= 0.6 is 0 Å². The Bertz CT molecular complexity index is 1460. The number of alkyl carbamates (subject to hydrolysis) is 1. The van der Waals surface area contributed by atoms with E-state index in [0.717, 1.165) is 23.4 Å². The highest BCUT2D eigenvalue weighted by Crippen LogP contribution is 2.39. The second-order valence-corrected chi connectivity index (χ2v) is 12.9. The summed E-state index contributed by atoms with van der Waals surface area (Å²) in [5, 5.41) is 3.70. The van der Waals surface area contributed by atoms with Crippen LogP contribution in [0.4, 0.5) is 9.18 Å². The van der Waals surface area contributed by atoms with E-state index in [2.05, 4.69) is 10.3 Å². The molecule has 1 N–H and O–H groups in total. The van der Waals surface area contributed by atoms with Crippen molar-refractivity contribution in [2.45, 2.75) is 96.7 Å². The molecule has 0 unspecified atom stereocenters. The number of ketones is 2. The summed E-state index contributed by atoms with van der Waals surface area (Å²) in [6.07, 6.45) is 4.05. The van der Waals surface area contributed by atoms with Crippen LogP contribution in [0.1, 0.15) is 73.3 Å². The number of nitrogens with one attached hydrogen (secondary N) is 1. The fraction of sp³-hybridized carbons (Fsp3) is 0.559. The normalized spacial score (nSPS) is 35.6. The Labute approximate surface area is 257 Å². The molecule has 1 amide bonds. The minimum Gasteiger partial charge on any atom is -0.455 e. The fourth-order valence-corrected chi connectivity index (χ4v) is 6.77. The summed E-state index contributed by atoms with van der Waals surface area (Å²) < 4.78 is 33.4. The first kappa shape index (κ1) is 33.2. The molecule has 2 fully saturated rings. The number of ether oxygens (including phenoxy) is 3. The Balaban J connectivity index is 1.62. The molecule has 2 aliphatic heterocycles. The van der Waals surface area contributed by atoms with E-state index in [0.29, 0.717) is 0 Å². The van der Waals surface area contributed by atoms with E-state index in [-0.39, 0.29) is 31.7 Å². The van der Waals surface area contributed by atoms with Gasteiger partial charge >= 0.3 is 12.1 Å². The molecule has 1 aromatic heterocycles. The predicted molar refractivity (Wildman–Crippen MR) is 163 cm³/mol. The van der Waals surface area contributed by atoms with Crippen molar-refractivity contribution in [1.29, 1.82) is 0 Å². The zero-order valence-electron chi connectivity index (χ0n) is 26.5. The van der Waals surface area contributed by atoms with Crippen molar-refractivity contribution in [3.05, 3.63) is 48.2 Å². The van der Waals surface area contributed by atoms with E-state index in [4.69, 9.17) is 14.2 Å². The zero-order chi connectivity index (χ0) is 32.4. The van der Waals surface area contributed by atoms with Crippen LogP contribution in [0.5, 0.6) is 0 Å². The third-order valence-electron chi connectivity index (χ3n) is 9.12. The third kappa shape index (κ3) is 6.70. The molecule has 2 aliphatic rings. The van der Waals surface area contributed by atoms with Gasteiger partial charge < -0.3 is 19.5 Å². The average Bonchev–Trinajstić information content (AvgIpc) is 3.30. The number of rotatable bonds is 5. The monoisotopic (exact) mass is 610 g/mol. The van der Waals surface area contributed by atoms with Crippen molar-refractivity contribution in [3.63, 3.8) is 0 Å². The topological polar surface area (TPSA) is 121 Å². The lowest BCUT2D eigenvalue weighted by Crippen LogP contribution is -2.58. The standard InChI is InChI=1S/C34H43FN2O7/c1-8-26-34(7)28(37-31(41)44-34)22(4)27(38)20(2)17-32(5,18-21(3)29(39)33(6,35)30(40)43-26)42-15-11-12-23-16-24-13-9-10-14-25(24)36-19-23/h9-14,16,19-22,26,28H,8,15,17-18H2,1-7H3,(H,37,41)/b12-11+/t20-,21-,22+,26-,28-,32-,33+,34-/m1/s1. The molecule has 0 aliphatic carbocycles. The summed E-state index contributed by atoms with van der Waals surface area (Å²) in [6, 6.07) is 8.94. The van der Waals surface area contributed by atoms with Gasteiger partial charge in [0.2, 0.25) is 0 Å². The molecule has 8 atom stereocenters. The van der Waals surface area contributed by atoms with Crippen LogP contribution in [-0.2, 0) is 28.6 Å². The summed E-state index contributed by atoms with van der Waals surface area (Å²) in [6.45, 7) is 11.1. The molecule has 0 bridgehead atoms. The molecule has 0 saturated carbocycles. The first-order valence-corrected chi connectivity index (χ1v) is 15.2. The highest BCUT2D eigenvalue weighted by molar-refractivity contribution is 6.07. The Morgan fingerprint density at radius 1 is 1.07 bits per heavy atom. The number of carbonyl (C=O) groups is 4. The number of fused-ring (bicyclic) bond motifs is 2. The molecule has 4 rings (SSSR count). The lowest BCUT2D eigenvalue weighted by atomic mass is 9.74. The first-order chi connectivity index (χ1) is 20.6. The van der Waals surface area contributed by atoms with Crippen molar-refractivity contribution >= 4 is 40.6 Å². The molecule has 2 aromatic rings. The summed E-state index contributed by atoms with van der Waals surface area (Å²) in [4.78, 5) is 57.2. The number of carbonyl (C=O) groups excluding carboxylic acids is 4. The van der Waals surface area contributed by atoms with Gasteiger partial charge in [-0.1, -0.05) is 58.0 Å². The van der Waals surface area contributed by atoms with E-state index in [1.165, 1.54) is 0 Å². The van der Waals surface area contributed by atoms with Crippen LogP contribution in [0.2, 0.25) is 0 Å². The number of amides is 1. The second kappa shape index (κ2) is 12.8. The van der Waals surface area contributed by atoms with Crippen LogP contribution in [0.3, 0.4) is 0 Å². The molecule has 10 heteroatoms. The Kier molecular flexibility index (Phi) is 9.63. The summed E-state index contributed by atoms with van der Waals surface area (Å²) in [5.74, 6) is -4.66. The quantitative estimate of drug-likeness (QED) is 0.334. The van der Waals surface area contributed by atoms with Crippen LogP contribution in [-0.4, -0.2) is 64.2 Å². The zero-order valence-corrected chi connectivity index (χ0v) is 26.5. The number of hydrogen-bond acceptors (Lipinski definition) is 8. The van der Waals surface area contributed by atoms with Gasteiger partial charge in [0.1, 0.15) is 11.9 Å². The van der Waals surface area contributed by atoms with E-state index >= 15 is 4.39 Å². The summed E-state index contributed by atoms with van der Waals surface area (Å²) in [5.41, 5.74) is -3.68. The van der Waals surface area contributed by atoms with Crippen molar-refractivity contribution in [2.24, 2.45) is 17.8 Å².